The molecule has 0 spiro atoms. The molecule has 1 N–H and O–H groups in total. The molecular formula is C27H32N4O6. The van der Waals surface area contributed by atoms with Gasteiger partial charge in [0.1, 0.15) is 0 Å². The summed E-state index contributed by atoms with van der Waals surface area (Å²) < 4.78 is 18.0. The molecule has 10 nitrogen and oxygen atoms in total. The van der Waals surface area contributed by atoms with Gasteiger partial charge in [-0.1, -0.05) is 18.2 Å². The fourth-order valence-electron chi connectivity index (χ4n) is 5.23. The fourth-order valence-corrected chi connectivity index (χ4v) is 5.23. The van der Waals surface area contributed by atoms with Crippen LogP contribution in [0.15, 0.2) is 42.5 Å². The number of carbonyl (C=O) groups is 2. The third kappa shape index (κ3) is 4.74. The number of amides is 1. The van der Waals surface area contributed by atoms with E-state index in [9.17, 15) is 14.7 Å². The number of hydrogen-bond donors (Lipinski definition) is 1. The van der Waals surface area contributed by atoms with Crippen LogP contribution in [-0.4, -0.2) is 84.5 Å². The molecule has 1 saturated heterocycles. The van der Waals surface area contributed by atoms with Gasteiger partial charge in [0.25, 0.3) is 0 Å². The van der Waals surface area contributed by atoms with E-state index in [1.54, 1.807) is 24.0 Å². The Hall–Kier alpha value is -3.63. The van der Waals surface area contributed by atoms with Crippen molar-refractivity contribution in [3.63, 3.8) is 0 Å². The summed E-state index contributed by atoms with van der Waals surface area (Å²) >= 11 is 0. The number of esters is 1. The molecule has 2 aliphatic heterocycles. The number of phenolic OH excluding ortho intramolecular Hbond substituents is 1. The Morgan fingerprint density at radius 2 is 1.95 bits per heavy atom. The van der Waals surface area contributed by atoms with Crippen molar-refractivity contribution in [3.05, 3.63) is 48.0 Å². The highest BCUT2D eigenvalue weighted by molar-refractivity contribution is 6.08. The molecule has 1 amide bonds. The Morgan fingerprint density at radius 1 is 1.16 bits per heavy atom. The van der Waals surface area contributed by atoms with Gasteiger partial charge < -0.3 is 23.9 Å². The van der Waals surface area contributed by atoms with Crippen molar-refractivity contribution in [3.8, 4) is 11.5 Å². The molecule has 0 radical (unpaired) electrons. The zero-order valence-electron chi connectivity index (χ0n) is 21.1. The van der Waals surface area contributed by atoms with Gasteiger partial charge >= 0.3 is 5.97 Å². The molecule has 3 aromatic rings. The van der Waals surface area contributed by atoms with E-state index in [1.807, 2.05) is 28.8 Å². The van der Waals surface area contributed by atoms with Crippen molar-refractivity contribution in [1.82, 2.24) is 14.5 Å². The molecule has 37 heavy (non-hydrogen) atoms. The second-order valence-electron chi connectivity index (χ2n) is 9.17. The molecular weight excluding hydrogens is 476 g/mol. The summed E-state index contributed by atoms with van der Waals surface area (Å²) in [5, 5.41) is 10.5. The molecule has 3 heterocycles. The predicted octanol–water partition coefficient (Wildman–Crippen LogP) is 2.59. The number of benzene rings is 2. The SMILES string of the molecule is CCOC(=O)[C@@H]1C(=O)N(CCCN2CCOCC2)c2nc3ccccc3n2[C@@H]1c1ccc(OC)c(O)c1. The minimum atomic E-state index is -1.14. The van der Waals surface area contributed by atoms with E-state index < -0.39 is 17.9 Å². The highest BCUT2D eigenvalue weighted by atomic mass is 16.5. The van der Waals surface area contributed by atoms with E-state index in [4.69, 9.17) is 19.2 Å². The Kier molecular flexibility index (Phi) is 7.29. The molecule has 2 aromatic carbocycles. The normalized spacial score (nSPS) is 20.2. The molecule has 0 saturated carbocycles. The summed E-state index contributed by atoms with van der Waals surface area (Å²) in [5.74, 6) is -1.39. The number of morpholine rings is 1. The molecule has 10 heteroatoms. The van der Waals surface area contributed by atoms with Crippen LogP contribution < -0.4 is 9.64 Å². The van der Waals surface area contributed by atoms with E-state index in [-0.39, 0.29) is 18.3 Å². The lowest BCUT2D eigenvalue weighted by Gasteiger charge is -2.38. The van der Waals surface area contributed by atoms with E-state index >= 15 is 0 Å². The quantitative estimate of drug-likeness (QED) is 0.366. The highest BCUT2D eigenvalue weighted by Gasteiger charge is 2.47. The Labute approximate surface area is 215 Å². The summed E-state index contributed by atoms with van der Waals surface area (Å²) in [6, 6.07) is 11.8. The maximum atomic E-state index is 14.0. The van der Waals surface area contributed by atoms with Crippen molar-refractivity contribution in [2.75, 3.05) is 58.0 Å². The van der Waals surface area contributed by atoms with Crippen LogP contribution in [0, 0.1) is 5.92 Å². The largest absolute Gasteiger partial charge is 0.504 e. The number of para-hydroxylation sites is 2. The predicted molar refractivity (Wildman–Crippen MR) is 137 cm³/mol. The Balaban J connectivity index is 1.59. The van der Waals surface area contributed by atoms with Gasteiger partial charge in [0.05, 0.1) is 44.0 Å². The van der Waals surface area contributed by atoms with Gasteiger partial charge in [-0.3, -0.25) is 19.4 Å². The lowest BCUT2D eigenvalue weighted by Crippen LogP contribution is -2.51. The van der Waals surface area contributed by atoms with Gasteiger partial charge in [-0.05, 0) is 43.2 Å². The number of ether oxygens (including phenoxy) is 3. The first-order chi connectivity index (χ1) is 18.0. The highest BCUT2D eigenvalue weighted by Crippen LogP contribution is 2.43. The smallest absolute Gasteiger partial charge is 0.321 e. The van der Waals surface area contributed by atoms with Crippen LogP contribution in [0.5, 0.6) is 11.5 Å². The first-order valence-electron chi connectivity index (χ1n) is 12.7. The molecule has 2 aliphatic rings. The molecule has 5 rings (SSSR count). The second-order valence-corrected chi connectivity index (χ2v) is 9.17. The standard InChI is InChI=1S/C27H32N4O6/c1-3-37-26(34)23-24(18-9-10-22(35-2)21(32)17-18)31-20-8-5-4-7-19(20)28-27(31)30(25(23)33)12-6-11-29-13-15-36-16-14-29/h4-5,7-10,17,23-24,32H,3,6,11-16H2,1-2H3/t23-,24+/m0/s1. The van der Waals surface area contributed by atoms with E-state index in [0.717, 1.165) is 37.1 Å². The number of methoxy groups -OCH3 is 1. The van der Waals surface area contributed by atoms with Gasteiger partial charge in [0.15, 0.2) is 17.4 Å². The molecule has 196 valence electrons. The van der Waals surface area contributed by atoms with Crippen molar-refractivity contribution >= 4 is 28.9 Å². The summed E-state index contributed by atoms with van der Waals surface area (Å²) in [7, 11) is 1.47. The average molecular weight is 509 g/mol. The molecule has 0 aliphatic carbocycles. The number of imidazole rings is 1. The first kappa shape index (κ1) is 25.0. The van der Waals surface area contributed by atoms with Gasteiger partial charge in [0, 0.05) is 26.2 Å². The number of anilines is 1. The number of nitrogens with zero attached hydrogens (tertiary/aromatic N) is 4. The molecule has 0 unspecified atom stereocenters. The Morgan fingerprint density at radius 3 is 2.68 bits per heavy atom. The minimum absolute atomic E-state index is 0.0750. The van der Waals surface area contributed by atoms with Crippen molar-refractivity contribution in [1.29, 1.82) is 0 Å². The summed E-state index contributed by atoms with van der Waals surface area (Å²) in [6.45, 7) is 6.24. The lowest BCUT2D eigenvalue weighted by atomic mass is 9.89. The van der Waals surface area contributed by atoms with E-state index in [1.165, 1.54) is 13.2 Å². The van der Waals surface area contributed by atoms with Gasteiger partial charge in [-0.2, -0.15) is 0 Å². The molecule has 1 aromatic heterocycles. The summed E-state index contributed by atoms with van der Waals surface area (Å²) in [5.41, 5.74) is 2.09. The van der Waals surface area contributed by atoms with Crippen LogP contribution in [-0.2, 0) is 19.1 Å². The van der Waals surface area contributed by atoms with Crippen LogP contribution in [0.3, 0.4) is 0 Å². The van der Waals surface area contributed by atoms with Gasteiger partial charge in [0.2, 0.25) is 11.9 Å². The summed E-state index contributed by atoms with van der Waals surface area (Å²) in [4.78, 5) is 36.1. The zero-order valence-corrected chi connectivity index (χ0v) is 21.1. The Bertz CT molecular complexity index is 1290. The maximum Gasteiger partial charge on any atom is 0.321 e. The van der Waals surface area contributed by atoms with Crippen LogP contribution in [0.2, 0.25) is 0 Å². The summed E-state index contributed by atoms with van der Waals surface area (Å²) in [6.07, 6.45) is 0.721. The van der Waals surface area contributed by atoms with Crippen LogP contribution >= 0.6 is 0 Å². The number of aromatic nitrogens is 2. The molecule has 2 atom stereocenters. The third-order valence-electron chi connectivity index (χ3n) is 6.99. The zero-order chi connectivity index (χ0) is 25.9. The van der Waals surface area contributed by atoms with Crippen molar-refractivity contribution < 1.29 is 28.9 Å². The van der Waals surface area contributed by atoms with Crippen LogP contribution in [0.4, 0.5) is 5.95 Å². The number of fused-ring (bicyclic) bond motifs is 3. The molecule has 0 bridgehead atoms. The number of rotatable bonds is 8. The molecule has 1 fully saturated rings. The van der Waals surface area contributed by atoms with Crippen LogP contribution in [0.25, 0.3) is 11.0 Å². The first-order valence-corrected chi connectivity index (χ1v) is 12.7. The monoisotopic (exact) mass is 508 g/mol. The van der Waals surface area contributed by atoms with Gasteiger partial charge in [-0.15, -0.1) is 0 Å². The van der Waals surface area contributed by atoms with Crippen LogP contribution in [0.1, 0.15) is 24.9 Å². The van der Waals surface area contributed by atoms with Crippen molar-refractivity contribution in [2.45, 2.75) is 19.4 Å². The van der Waals surface area contributed by atoms with E-state index in [2.05, 4.69) is 4.90 Å². The van der Waals surface area contributed by atoms with Gasteiger partial charge in [-0.25, -0.2) is 4.98 Å². The number of carbonyl (C=O) groups excluding carboxylic acids is 2. The van der Waals surface area contributed by atoms with Crippen molar-refractivity contribution in [2.24, 2.45) is 5.92 Å². The average Bonchev–Trinajstić information content (AvgIpc) is 3.29. The fraction of sp³-hybridized carbons (Fsp3) is 0.444. The number of aromatic hydroxyl groups is 1. The third-order valence-corrected chi connectivity index (χ3v) is 6.99. The number of hydrogen-bond acceptors (Lipinski definition) is 8. The topological polar surface area (TPSA) is 106 Å². The lowest BCUT2D eigenvalue weighted by molar-refractivity contribution is -0.153. The maximum absolute atomic E-state index is 14.0. The minimum Gasteiger partial charge on any atom is -0.504 e. The van der Waals surface area contributed by atoms with E-state index in [0.29, 0.717) is 37.0 Å². The number of phenols is 1. The second kappa shape index (κ2) is 10.8.